The third kappa shape index (κ3) is 4.42. The average molecular weight is 263 g/mol. The summed E-state index contributed by atoms with van der Waals surface area (Å²) in [5, 5.41) is 0. The lowest BCUT2D eigenvalue weighted by molar-refractivity contribution is -0.0650. The minimum absolute atomic E-state index is 0.0740. The topological polar surface area (TPSA) is 29.5 Å². The summed E-state index contributed by atoms with van der Waals surface area (Å²) in [5.41, 5.74) is -0.596. The summed E-state index contributed by atoms with van der Waals surface area (Å²) in [7, 11) is 0. The highest BCUT2D eigenvalue weighted by atomic mass is 19.3. The largest absolute Gasteiger partial charge is 0.444 e. The lowest BCUT2D eigenvalue weighted by Crippen LogP contribution is -2.47. The van der Waals surface area contributed by atoms with E-state index in [1.165, 1.54) is 4.90 Å². The van der Waals surface area contributed by atoms with Crippen LogP contribution < -0.4 is 0 Å². The van der Waals surface area contributed by atoms with E-state index in [9.17, 15) is 13.6 Å². The van der Waals surface area contributed by atoms with Gasteiger partial charge in [-0.25, -0.2) is 13.6 Å². The van der Waals surface area contributed by atoms with Crippen LogP contribution in [0.25, 0.3) is 0 Å². The van der Waals surface area contributed by atoms with Gasteiger partial charge in [-0.2, -0.15) is 0 Å². The highest BCUT2D eigenvalue weighted by molar-refractivity contribution is 5.68. The van der Waals surface area contributed by atoms with E-state index in [0.717, 1.165) is 0 Å². The van der Waals surface area contributed by atoms with Gasteiger partial charge in [0, 0.05) is 25.4 Å². The van der Waals surface area contributed by atoms with Crippen LogP contribution >= 0.6 is 0 Å². The van der Waals surface area contributed by atoms with Gasteiger partial charge in [-0.15, -0.1) is 0 Å². The Kier molecular flexibility index (Phi) is 4.56. The van der Waals surface area contributed by atoms with Gasteiger partial charge in [0.05, 0.1) is 0 Å². The molecule has 1 aliphatic carbocycles. The van der Waals surface area contributed by atoms with Crippen molar-refractivity contribution >= 4 is 6.09 Å². The molecular weight excluding hydrogens is 240 g/mol. The molecule has 18 heavy (non-hydrogen) atoms. The van der Waals surface area contributed by atoms with E-state index >= 15 is 0 Å². The monoisotopic (exact) mass is 263 g/mol. The van der Waals surface area contributed by atoms with Gasteiger partial charge in [0.25, 0.3) is 0 Å². The first-order valence-electron chi connectivity index (χ1n) is 6.52. The van der Waals surface area contributed by atoms with Crippen LogP contribution in [-0.2, 0) is 4.74 Å². The van der Waals surface area contributed by atoms with Gasteiger partial charge < -0.3 is 9.64 Å². The first-order chi connectivity index (χ1) is 8.14. The van der Waals surface area contributed by atoms with Crippen molar-refractivity contribution in [3.05, 3.63) is 0 Å². The smallest absolute Gasteiger partial charge is 0.410 e. The van der Waals surface area contributed by atoms with Gasteiger partial charge in [0.2, 0.25) is 5.92 Å². The first-order valence-corrected chi connectivity index (χ1v) is 6.52. The van der Waals surface area contributed by atoms with E-state index in [1.54, 1.807) is 27.7 Å². The number of carbonyl (C=O) groups is 1. The molecule has 1 saturated carbocycles. The molecule has 3 nitrogen and oxygen atoms in total. The van der Waals surface area contributed by atoms with E-state index in [0.29, 0.717) is 19.4 Å². The van der Waals surface area contributed by atoms with Crippen molar-refractivity contribution < 1.29 is 18.3 Å². The van der Waals surface area contributed by atoms with E-state index < -0.39 is 23.7 Å². The lowest BCUT2D eigenvalue weighted by atomic mass is 9.91. The summed E-state index contributed by atoms with van der Waals surface area (Å²) in [6, 6.07) is -0.409. The van der Waals surface area contributed by atoms with Crippen molar-refractivity contribution in [2.75, 3.05) is 6.54 Å². The fourth-order valence-corrected chi connectivity index (χ4v) is 2.27. The predicted octanol–water partition coefficient (Wildman–Crippen LogP) is 3.82. The molecule has 0 aromatic rings. The SMILES string of the molecule is CCN(C(=O)OC(C)(C)C)C1CCCC(F)(F)C1. The standard InChI is InChI=1S/C13H23F2NO2/c1-5-16(11(17)18-12(2,3)4)10-7-6-8-13(14,15)9-10/h10H,5-9H2,1-4H3. The number of ether oxygens (including phenoxy) is 1. The molecule has 0 N–H and O–H groups in total. The summed E-state index contributed by atoms with van der Waals surface area (Å²) in [4.78, 5) is 13.4. The van der Waals surface area contributed by atoms with Crippen molar-refractivity contribution in [3.8, 4) is 0 Å². The minimum atomic E-state index is -2.65. The Balaban J connectivity index is 2.68. The molecule has 0 radical (unpaired) electrons. The minimum Gasteiger partial charge on any atom is -0.444 e. The highest BCUT2D eigenvalue weighted by Gasteiger charge is 2.40. The maximum atomic E-state index is 13.4. The molecule has 0 aromatic carbocycles. The number of hydrogen-bond acceptors (Lipinski definition) is 2. The first kappa shape index (κ1) is 15.2. The van der Waals surface area contributed by atoms with Crippen LogP contribution in [0.4, 0.5) is 13.6 Å². The number of carbonyl (C=O) groups excluding carboxylic acids is 1. The van der Waals surface area contributed by atoms with E-state index in [4.69, 9.17) is 4.74 Å². The Hall–Kier alpha value is -0.870. The summed E-state index contributed by atoms with van der Waals surface area (Å²) in [6.07, 6.45) is 0.266. The van der Waals surface area contributed by atoms with Crippen molar-refractivity contribution in [2.45, 2.75) is 70.9 Å². The van der Waals surface area contributed by atoms with E-state index in [-0.39, 0.29) is 12.8 Å². The Morgan fingerprint density at radius 3 is 2.50 bits per heavy atom. The summed E-state index contributed by atoms with van der Waals surface area (Å²) in [6.45, 7) is 7.50. The number of nitrogens with zero attached hydrogens (tertiary/aromatic N) is 1. The Morgan fingerprint density at radius 1 is 1.44 bits per heavy atom. The van der Waals surface area contributed by atoms with Gasteiger partial charge in [0.15, 0.2) is 0 Å². The molecule has 0 saturated heterocycles. The summed E-state index contributed by atoms with van der Waals surface area (Å²) < 4.78 is 32.0. The van der Waals surface area contributed by atoms with Gasteiger partial charge in [0.1, 0.15) is 5.60 Å². The van der Waals surface area contributed by atoms with E-state index in [2.05, 4.69) is 0 Å². The van der Waals surface area contributed by atoms with Gasteiger partial charge in [-0.05, 0) is 40.5 Å². The van der Waals surface area contributed by atoms with Crippen LogP contribution in [0.5, 0.6) is 0 Å². The molecule has 1 fully saturated rings. The number of halogens is 2. The molecule has 0 aliphatic heterocycles. The zero-order valence-electron chi connectivity index (χ0n) is 11.6. The second-order valence-electron chi connectivity index (χ2n) is 5.87. The molecule has 0 bridgehead atoms. The van der Waals surface area contributed by atoms with Crippen molar-refractivity contribution in [2.24, 2.45) is 0 Å². The molecule has 1 amide bonds. The van der Waals surface area contributed by atoms with Crippen LogP contribution in [0.15, 0.2) is 0 Å². The average Bonchev–Trinajstić information content (AvgIpc) is 2.13. The van der Waals surface area contributed by atoms with Crippen LogP contribution in [0.1, 0.15) is 53.4 Å². The lowest BCUT2D eigenvalue weighted by Gasteiger charge is -2.37. The number of alkyl halides is 2. The fourth-order valence-electron chi connectivity index (χ4n) is 2.27. The number of hydrogen-bond donors (Lipinski definition) is 0. The maximum absolute atomic E-state index is 13.4. The highest BCUT2D eigenvalue weighted by Crippen LogP contribution is 2.35. The normalized spacial score (nSPS) is 23.6. The third-order valence-corrected chi connectivity index (χ3v) is 3.02. The number of amides is 1. The van der Waals surface area contributed by atoms with Gasteiger partial charge >= 0.3 is 6.09 Å². The predicted molar refractivity (Wildman–Crippen MR) is 65.8 cm³/mol. The van der Waals surface area contributed by atoms with Crippen molar-refractivity contribution in [3.63, 3.8) is 0 Å². The molecule has 1 rings (SSSR count). The summed E-state index contributed by atoms with van der Waals surface area (Å²) >= 11 is 0. The van der Waals surface area contributed by atoms with E-state index in [1.807, 2.05) is 0 Å². The zero-order valence-corrected chi connectivity index (χ0v) is 11.6. The second kappa shape index (κ2) is 5.41. The van der Waals surface area contributed by atoms with Crippen LogP contribution in [0.3, 0.4) is 0 Å². The molecule has 5 heteroatoms. The van der Waals surface area contributed by atoms with Crippen molar-refractivity contribution in [1.82, 2.24) is 4.90 Å². The third-order valence-electron chi connectivity index (χ3n) is 3.02. The Morgan fingerprint density at radius 2 is 2.06 bits per heavy atom. The molecule has 0 spiro atoms. The molecule has 1 atom stereocenters. The van der Waals surface area contributed by atoms with Crippen LogP contribution in [0.2, 0.25) is 0 Å². The van der Waals surface area contributed by atoms with Gasteiger partial charge in [-0.3, -0.25) is 0 Å². The summed E-state index contributed by atoms with van der Waals surface area (Å²) in [5.74, 6) is -2.65. The van der Waals surface area contributed by atoms with Crippen LogP contribution in [-0.4, -0.2) is 35.1 Å². The molecule has 1 aliphatic rings. The fraction of sp³-hybridized carbons (Fsp3) is 0.923. The van der Waals surface area contributed by atoms with Crippen molar-refractivity contribution in [1.29, 1.82) is 0 Å². The Bertz CT molecular complexity index is 300. The molecule has 0 aromatic heterocycles. The molecule has 106 valence electrons. The maximum Gasteiger partial charge on any atom is 0.410 e. The Labute approximate surface area is 107 Å². The van der Waals surface area contributed by atoms with Gasteiger partial charge in [-0.1, -0.05) is 0 Å². The quantitative estimate of drug-likeness (QED) is 0.758. The molecule has 1 unspecified atom stereocenters. The van der Waals surface area contributed by atoms with Crippen LogP contribution in [0, 0.1) is 0 Å². The number of rotatable bonds is 2. The molecule has 0 heterocycles. The second-order valence-corrected chi connectivity index (χ2v) is 5.87. The zero-order chi connectivity index (χ0) is 14.0. The molecular formula is C13H23F2NO2.